The number of ketones is 1. The van der Waals surface area contributed by atoms with Crippen molar-refractivity contribution in [1.29, 1.82) is 0 Å². The Labute approximate surface area is 174 Å². The number of ether oxygens (including phenoxy) is 2. The molecule has 168 valence electrons. The molecule has 0 bridgehead atoms. The Hall–Kier alpha value is -1.96. The molecule has 2 rings (SSSR count). The molecule has 2 aliphatic rings. The second-order valence-corrected chi connectivity index (χ2v) is 7.40. The number of hydrogen-bond acceptors (Lipinski definition) is 7. The van der Waals surface area contributed by atoms with E-state index < -0.39 is 0 Å². The molecule has 8 heteroatoms. The molecule has 0 saturated carbocycles. The lowest BCUT2D eigenvalue weighted by Crippen LogP contribution is -2.44. The third-order valence-corrected chi connectivity index (χ3v) is 5.09. The lowest BCUT2D eigenvalue weighted by atomic mass is 10.2. The molecule has 0 spiro atoms. The van der Waals surface area contributed by atoms with E-state index >= 15 is 0 Å². The van der Waals surface area contributed by atoms with Crippen LogP contribution in [0.5, 0.6) is 0 Å². The Morgan fingerprint density at radius 1 is 0.897 bits per heavy atom. The summed E-state index contributed by atoms with van der Waals surface area (Å²) in [7, 11) is 2.78. The van der Waals surface area contributed by atoms with Gasteiger partial charge in [0, 0.05) is 24.9 Å². The highest BCUT2D eigenvalue weighted by molar-refractivity contribution is 5.85. The second-order valence-electron chi connectivity index (χ2n) is 7.40. The number of methoxy groups -OCH3 is 2. The van der Waals surface area contributed by atoms with E-state index in [4.69, 9.17) is 0 Å². The van der Waals surface area contributed by atoms with Gasteiger partial charge in [0.2, 0.25) is 5.91 Å². The summed E-state index contributed by atoms with van der Waals surface area (Å²) in [5.41, 5.74) is 0. The number of Topliss-reactive ketones (excluding diaryl/α,β-unsaturated/α-hetero) is 1. The van der Waals surface area contributed by atoms with Crippen molar-refractivity contribution in [2.75, 3.05) is 14.2 Å². The van der Waals surface area contributed by atoms with Gasteiger partial charge in [0.05, 0.1) is 14.2 Å². The van der Waals surface area contributed by atoms with Gasteiger partial charge in [0.1, 0.15) is 17.9 Å². The molecule has 0 aromatic heterocycles. The number of amides is 1. The normalized spacial score (nSPS) is 25.1. The van der Waals surface area contributed by atoms with E-state index in [-0.39, 0.29) is 41.8 Å². The maximum Gasteiger partial charge on any atom is 0.328 e. The average Bonchev–Trinajstić information content (AvgIpc) is 3.32. The largest absolute Gasteiger partial charge is 0.468 e. The molecular weight excluding hydrogens is 376 g/mol. The molecule has 2 aliphatic heterocycles. The molecule has 0 aliphatic carbocycles. The van der Waals surface area contributed by atoms with Gasteiger partial charge in [-0.3, -0.25) is 9.59 Å². The third-order valence-electron chi connectivity index (χ3n) is 5.09. The monoisotopic (exact) mass is 414 g/mol. The molecule has 2 heterocycles. The molecule has 8 nitrogen and oxygen atoms in total. The first kappa shape index (κ1) is 27.0. The molecule has 1 N–H and O–H groups in total. The van der Waals surface area contributed by atoms with Crippen LogP contribution in [0.15, 0.2) is 0 Å². The standard InChI is InChI=1S/C10H17NO3.C7H13NO2.C4H8O/c1-4-9(12)11-7(2)5-6-8(11)10(13)14-3;1-5-3-4-6(8-5)7(9)10-2;1-3-4(2)5/h7-8H,4-6H2,1-3H3;5-6,8H,3-4H2,1-2H3;3H2,1-2H3/t7?,8-;5?,6-;/m00./s1. The number of hydrogen-bond donors (Lipinski definition) is 1. The van der Waals surface area contributed by atoms with Crippen molar-refractivity contribution in [3.05, 3.63) is 0 Å². The summed E-state index contributed by atoms with van der Waals surface area (Å²) >= 11 is 0. The Morgan fingerprint density at radius 2 is 1.45 bits per heavy atom. The molecule has 2 fully saturated rings. The van der Waals surface area contributed by atoms with Crippen LogP contribution >= 0.6 is 0 Å². The molecule has 2 saturated heterocycles. The fourth-order valence-corrected chi connectivity index (χ4v) is 3.21. The Balaban J connectivity index is 0.000000455. The molecule has 0 aromatic rings. The number of rotatable bonds is 4. The second kappa shape index (κ2) is 14.1. The van der Waals surface area contributed by atoms with Crippen LogP contribution < -0.4 is 5.32 Å². The quantitative estimate of drug-likeness (QED) is 0.704. The van der Waals surface area contributed by atoms with Crippen LogP contribution in [-0.4, -0.2) is 66.9 Å². The van der Waals surface area contributed by atoms with Crippen molar-refractivity contribution in [2.24, 2.45) is 0 Å². The fourth-order valence-electron chi connectivity index (χ4n) is 3.21. The average molecular weight is 415 g/mol. The van der Waals surface area contributed by atoms with Gasteiger partial charge in [-0.2, -0.15) is 0 Å². The molecule has 29 heavy (non-hydrogen) atoms. The van der Waals surface area contributed by atoms with Crippen molar-refractivity contribution in [2.45, 2.75) is 97.3 Å². The van der Waals surface area contributed by atoms with E-state index in [0.717, 1.165) is 25.7 Å². The predicted molar refractivity (Wildman–Crippen MR) is 110 cm³/mol. The van der Waals surface area contributed by atoms with Crippen LogP contribution in [0.2, 0.25) is 0 Å². The van der Waals surface area contributed by atoms with Gasteiger partial charge in [-0.1, -0.05) is 13.8 Å². The number of nitrogens with one attached hydrogen (secondary N) is 1. The van der Waals surface area contributed by atoms with Crippen LogP contribution in [-0.2, 0) is 28.7 Å². The van der Waals surface area contributed by atoms with E-state index in [1.165, 1.54) is 14.2 Å². The van der Waals surface area contributed by atoms with Gasteiger partial charge in [0.15, 0.2) is 0 Å². The van der Waals surface area contributed by atoms with Crippen molar-refractivity contribution in [1.82, 2.24) is 10.2 Å². The van der Waals surface area contributed by atoms with Gasteiger partial charge < -0.3 is 24.5 Å². The zero-order valence-electron chi connectivity index (χ0n) is 18.9. The van der Waals surface area contributed by atoms with E-state index in [0.29, 0.717) is 18.9 Å². The molecule has 0 radical (unpaired) electrons. The number of nitrogens with zero attached hydrogens (tertiary/aromatic N) is 1. The van der Waals surface area contributed by atoms with Gasteiger partial charge in [-0.25, -0.2) is 4.79 Å². The van der Waals surface area contributed by atoms with E-state index in [2.05, 4.69) is 21.7 Å². The van der Waals surface area contributed by atoms with Crippen molar-refractivity contribution in [3.8, 4) is 0 Å². The van der Waals surface area contributed by atoms with Crippen molar-refractivity contribution < 1.29 is 28.7 Å². The Morgan fingerprint density at radius 3 is 1.83 bits per heavy atom. The summed E-state index contributed by atoms with van der Waals surface area (Å²) in [6, 6.07) is 0.207. The smallest absolute Gasteiger partial charge is 0.328 e. The molecular formula is C21H38N2O6. The van der Waals surface area contributed by atoms with Crippen LogP contribution in [0.4, 0.5) is 0 Å². The Kier molecular flexibility index (Phi) is 13.1. The summed E-state index contributed by atoms with van der Waals surface area (Å²) in [6.07, 6.45) is 4.69. The van der Waals surface area contributed by atoms with Crippen LogP contribution in [0.3, 0.4) is 0 Å². The number of carbonyl (C=O) groups excluding carboxylic acids is 4. The maximum atomic E-state index is 11.6. The van der Waals surface area contributed by atoms with Crippen molar-refractivity contribution >= 4 is 23.6 Å². The summed E-state index contributed by atoms with van der Waals surface area (Å²) in [5.74, 6) is -0.143. The topological polar surface area (TPSA) is 102 Å². The lowest BCUT2D eigenvalue weighted by Gasteiger charge is -2.26. The SMILES string of the molecule is CCC(=O)N1C(C)CC[C@H]1C(=O)OC.CCC(C)=O.COC(=O)[C@@H]1CCC(C)N1. The van der Waals surface area contributed by atoms with Crippen LogP contribution in [0.1, 0.15) is 73.1 Å². The highest BCUT2D eigenvalue weighted by atomic mass is 16.5. The lowest BCUT2D eigenvalue weighted by molar-refractivity contribution is -0.152. The predicted octanol–water partition coefficient (Wildman–Crippen LogP) is 2.23. The van der Waals surface area contributed by atoms with E-state index in [9.17, 15) is 19.2 Å². The van der Waals surface area contributed by atoms with Gasteiger partial charge >= 0.3 is 11.9 Å². The third kappa shape index (κ3) is 9.39. The maximum absolute atomic E-state index is 11.6. The first-order chi connectivity index (χ1) is 13.6. The van der Waals surface area contributed by atoms with E-state index in [1.54, 1.807) is 11.8 Å². The zero-order valence-corrected chi connectivity index (χ0v) is 18.9. The van der Waals surface area contributed by atoms with E-state index in [1.807, 2.05) is 20.8 Å². The zero-order chi connectivity index (χ0) is 22.6. The molecule has 1 amide bonds. The highest BCUT2D eigenvalue weighted by Gasteiger charge is 2.38. The highest BCUT2D eigenvalue weighted by Crippen LogP contribution is 2.25. The minimum absolute atomic E-state index is 0.0328. The molecule has 2 unspecified atom stereocenters. The Bertz CT molecular complexity index is 551. The first-order valence-electron chi connectivity index (χ1n) is 10.3. The number of likely N-dealkylation sites (tertiary alicyclic amines) is 1. The number of esters is 2. The summed E-state index contributed by atoms with van der Waals surface area (Å²) in [4.78, 5) is 45.3. The van der Waals surface area contributed by atoms with Crippen molar-refractivity contribution in [3.63, 3.8) is 0 Å². The number of carbonyl (C=O) groups is 4. The van der Waals surface area contributed by atoms with Gasteiger partial charge in [-0.15, -0.1) is 0 Å². The summed E-state index contributed by atoms with van der Waals surface area (Å²) < 4.78 is 9.26. The van der Waals surface area contributed by atoms with Crippen LogP contribution in [0, 0.1) is 0 Å². The summed E-state index contributed by atoms with van der Waals surface area (Å²) in [5, 5.41) is 3.13. The fraction of sp³-hybridized carbons (Fsp3) is 0.810. The molecule has 4 atom stereocenters. The minimum Gasteiger partial charge on any atom is -0.468 e. The van der Waals surface area contributed by atoms with Gasteiger partial charge in [0.25, 0.3) is 0 Å². The van der Waals surface area contributed by atoms with Crippen LogP contribution in [0.25, 0.3) is 0 Å². The molecule has 0 aromatic carbocycles. The van der Waals surface area contributed by atoms with Gasteiger partial charge in [-0.05, 0) is 46.5 Å². The first-order valence-corrected chi connectivity index (χ1v) is 10.3. The summed E-state index contributed by atoms with van der Waals surface area (Å²) in [6.45, 7) is 9.28. The minimum atomic E-state index is -0.359.